The number of unbranched alkanes of at least 4 members (excludes halogenated alkanes) is 20. The van der Waals surface area contributed by atoms with Crippen molar-refractivity contribution in [2.75, 3.05) is 19.8 Å². The highest BCUT2D eigenvalue weighted by molar-refractivity contribution is 5.76. The summed E-state index contributed by atoms with van der Waals surface area (Å²) in [5, 5.41) is 87.3. The molecule has 0 bridgehead atoms. The summed E-state index contributed by atoms with van der Waals surface area (Å²) in [5.41, 5.74) is 0. The van der Waals surface area contributed by atoms with Gasteiger partial charge in [-0.3, -0.25) is 4.79 Å². The molecule has 12 unspecified atom stereocenters. The first-order valence-corrected chi connectivity index (χ1v) is 30.3. The molecule has 0 aromatic carbocycles. The van der Waals surface area contributed by atoms with Crippen LogP contribution in [-0.4, -0.2) is 140 Å². The molecule has 0 aliphatic carbocycles. The molecule has 0 aromatic rings. The molecule has 0 aromatic heterocycles. The number of carbonyl (C=O) groups excluding carboxylic acids is 1. The molecule has 12 atom stereocenters. The van der Waals surface area contributed by atoms with Crippen molar-refractivity contribution in [2.45, 2.75) is 286 Å². The maximum Gasteiger partial charge on any atom is 0.220 e. The lowest BCUT2D eigenvalue weighted by molar-refractivity contribution is -0.359. The lowest BCUT2D eigenvalue weighted by Gasteiger charge is -2.46. The Hall–Kier alpha value is -2.83. The Kier molecular flexibility index (Phi) is 43.7. The topological polar surface area (TPSA) is 228 Å². The van der Waals surface area contributed by atoms with Crippen molar-refractivity contribution in [1.82, 2.24) is 5.32 Å². The molecule has 0 saturated carbocycles. The van der Waals surface area contributed by atoms with Crippen molar-refractivity contribution >= 4 is 5.91 Å². The molecule has 14 heteroatoms. The smallest absolute Gasteiger partial charge is 0.220 e. The molecule has 444 valence electrons. The second-order valence-corrected chi connectivity index (χ2v) is 21.1. The standard InChI is InChI=1S/C63H109NO13/c1-3-5-7-9-11-13-15-17-19-21-23-25-26-27-29-31-33-35-37-39-41-43-45-47-55(68)64-51(52(67)46-44-42-40-38-36-34-32-30-28-24-22-20-18-16-14-12-10-8-6-4-2)50-74-62-60(73)58(71)61(54(49-66)76-62)77-63-59(72)57(70)56(69)53(48-65)75-63/h5,7,11,13,17,19,23,25,27,29,33,35,39,41,51-54,56-63,65-67,69-73H,3-4,6,8-10,12,14-16,18,20-22,24,26,28,30-32,34,36-38,40,42-50H2,1-2H3,(H,64,68)/b7-5-,13-11-,19-17-,25-23-,29-27-,35-33-,41-39-. The molecule has 0 spiro atoms. The minimum atomic E-state index is -1.79. The average Bonchev–Trinajstić information content (AvgIpc) is 3.44. The van der Waals surface area contributed by atoms with E-state index < -0.39 is 86.8 Å². The third kappa shape index (κ3) is 33.5. The molecule has 2 saturated heterocycles. The van der Waals surface area contributed by atoms with Gasteiger partial charge in [0.2, 0.25) is 5.91 Å². The van der Waals surface area contributed by atoms with Gasteiger partial charge in [0.15, 0.2) is 12.6 Å². The fourth-order valence-electron chi connectivity index (χ4n) is 9.52. The highest BCUT2D eigenvalue weighted by Gasteiger charge is 2.51. The van der Waals surface area contributed by atoms with Crippen LogP contribution in [0.1, 0.15) is 213 Å². The molecule has 77 heavy (non-hydrogen) atoms. The van der Waals surface area contributed by atoms with Gasteiger partial charge in [0.1, 0.15) is 48.8 Å². The van der Waals surface area contributed by atoms with Gasteiger partial charge in [-0.1, -0.05) is 227 Å². The Morgan fingerprint density at radius 3 is 1.32 bits per heavy atom. The van der Waals surface area contributed by atoms with E-state index in [0.29, 0.717) is 19.3 Å². The third-order valence-corrected chi connectivity index (χ3v) is 14.4. The number of ether oxygens (including phenoxy) is 4. The fraction of sp³-hybridized carbons (Fsp3) is 0.762. The summed E-state index contributed by atoms with van der Waals surface area (Å²) in [6, 6.07) is -0.866. The van der Waals surface area contributed by atoms with Crippen molar-refractivity contribution in [3.63, 3.8) is 0 Å². The van der Waals surface area contributed by atoms with E-state index in [-0.39, 0.29) is 18.9 Å². The maximum absolute atomic E-state index is 13.3. The fourth-order valence-corrected chi connectivity index (χ4v) is 9.52. The summed E-state index contributed by atoms with van der Waals surface area (Å²) in [5.74, 6) is -0.266. The molecule has 2 heterocycles. The highest BCUT2D eigenvalue weighted by atomic mass is 16.7. The van der Waals surface area contributed by atoms with E-state index in [0.717, 1.165) is 70.6 Å². The number of carbonyl (C=O) groups is 1. The van der Waals surface area contributed by atoms with E-state index in [9.17, 15) is 45.6 Å². The van der Waals surface area contributed by atoms with Gasteiger partial charge in [0, 0.05) is 6.42 Å². The van der Waals surface area contributed by atoms with E-state index in [1.54, 1.807) is 0 Å². The van der Waals surface area contributed by atoms with Crippen molar-refractivity contribution in [3.8, 4) is 0 Å². The van der Waals surface area contributed by atoms with Crippen LogP contribution >= 0.6 is 0 Å². The van der Waals surface area contributed by atoms with Gasteiger partial charge in [0.05, 0.1) is 32.0 Å². The molecule has 1 amide bonds. The predicted octanol–water partition coefficient (Wildman–Crippen LogP) is 10.5. The lowest BCUT2D eigenvalue weighted by Crippen LogP contribution is -2.65. The van der Waals surface area contributed by atoms with E-state index >= 15 is 0 Å². The van der Waals surface area contributed by atoms with E-state index in [2.05, 4.69) is 104 Å². The molecule has 14 nitrogen and oxygen atoms in total. The summed E-state index contributed by atoms with van der Waals surface area (Å²) < 4.78 is 22.8. The quantitative estimate of drug-likeness (QED) is 0.0204. The number of nitrogens with one attached hydrogen (secondary N) is 1. The maximum atomic E-state index is 13.3. The van der Waals surface area contributed by atoms with Gasteiger partial charge in [-0.25, -0.2) is 0 Å². The van der Waals surface area contributed by atoms with Crippen LogP contribution in [0.2, 0.25) is 0 Å². The molecule has 2 aliphatic heterocycles. The minimum absolute atomic E-state index is 0.220. The first kappa shape index (κ1) is 70.3. The second kappa shape index (κ2) is 47.9. The average molecular weight is 1090 g/mol. The largest absolute Gasteiger partial charge is 0.394 e. The number of aliphatic hydroxyl groups is 8. The molecule has 2 fully saturated rings. The number of amides is 1. The van der Waals surface area contributed by atoms with Crippen LogP contribution in [0.5, 0.6) is 0 Å². The molecule has 2 aliphatic rings. The lowest BCUT2D eigenvalue weighted by atomic mass is 9.97. The van der Waals surface area contributed by atoms with Crippen LogP contribution in [-0.2, 0) is 23.7 Å². The second-order valence-electron chi connectivity index (χ2n) is 21.1. The van der Waals surface area contributed by atoms with Crippen molar-refractivity contribution in [2.24, 2.45) is 0 Å². The summed E-state index contributed by atoms with van der Waals surface area (Å²) in [4.78, 5) is 13.3. The van der Waals surface area contributed by atoms with Crippen LogP contribution in [0.3, 0.4) is 0 Å². The summed E-state index contributed by atoms with van der Waals surface area (Å²) in [6.07, 6.45) is 47.2. The third-order valence-electron chi connectivity index (χ3n) is 14.4. The van der Waals surface area contributed by atoms with Crippen molar-refractivity contribution < 1.29 is 64.6 Å². The highest BCUT2D eigenvalue weighted by Crippen LogP contribution is 2.30. The van der Waals surface area contributed by atoms with Gasteiger partial charge < -0.3 is 65.1 Å². The SMILES string of the molecule is CC/C=C\C/C=C\C/C=C\C/C=C\C/C=C\C/C=C\C/C=C\CCCC(=O)NC(COC1OC(CO)C(OC2OC(CO)C(O)C(O)C2O)C(O)C1O)C(O)CCCCCCCCCCCCCCCCCCCCCC. The van der Waals surface area contributed by atoms with Crippen molar-refractivity contribution in [3.05, 3.63) is 85.1 Å². The zero-order valence-corrected chi connectivity index (χ0v) is 47.7. The summed E-state index contributed by atoms with van der Waals surface area (Å²) in [6.45, 7) is 2.71. The van der Waals surface area contributed by atoms with Crippen LogP contribution < -0.4 is 5.32 Å². The Morgan fingerprint density at radius 2 is 0.883 bits per heavy atom. The number of aliphatic hydroxyl groups excluding tert-OH is 8. The molecular weight excluding hydrogens is 979 g/mol. The predicted molar refractivity (Wildman–Crippen MR) is 309 cm³/mol. The van der Waals surface area contributed by atoms with Gasteiger partial charge >= 0.3 is 0 Å². The van der Waals surface area contributed by atoms with Gasteiger partial charge in [0.25, 0.3) is 0 Å². The van der Waals surface area contributed by atoms with E-state index in [4.69, 9.17) is 18.9 Å². The van der Waals surface area contributed by atoms with Gasteiger partial charge in [-0.05, 0) is 64.2 Å². The normalized spacial score (nSPS) is 25.3. The number of rotatable bonds is 47. The van der Waals surface area contributed by atoms with Crippen LogP contribution in [0, 0.1) is 0 Å². The molecule has 2 rings (SSSR count). The van der Waals surface area contributed by atoms with Crippen LogP contribution in [0.15, 0.2) is 85.1 Å². The molecule has 0 radical (unpaired) electrons. The minimum Gasteiger partial charge on any atom is -0.394 e. The summed E-state index contributed by atoms with van der Waals surface area (Å²) >= 11 is 0. The number of allylic oxidation sites excluding steroid dienone is 14. The van der Waals surface area contributed by atoms with Crippen molar-refractivity contribution in [1.29, 1.82) is 0 Å². The summed E-state index contributed by atoms with van der Waals surface area (Å²) in [7, 11) is 0. The van der Waals surface area contributed by atoms with Crippen LogP contribution in [0.25, 0.3) is 0 Å². The first-order valence-electron chi connectivity index (χ1n) is 30.3. The Balaban J connectivity index is 1.79. The number of hydrogen-bond acceptors (Lipinski definition) is 13. The number of hydrogen-bond donors (Lipinski definition) is 9. The van der Waals surface area contributed by atoms with Gasteiger partial charge in [-0.2, -0.15) is 0 Å². The zero-order chi connectivity index (χ0) is 56.0. The molecular formula is C63H109NO13. The Morgan fingerprint density at radius 1 is 0.481 bits per heavy atom. The monoisotopic (exact) mass is 1090 g/mol. The first-order chi connectivity index (χ1) is 37.6. The van der Waals surface area contributed by atoms with E-state index in [1.807, 2.05) is 0 Å². The molecule has 9 N–H and O–H groups in total. The Labute approximate surface area is 465 Å². The van der Waals surface area contributed by atoms with Gasteiger partial charge in [-0.15, -0.1) is 0 Å². The van der Waals surface area contributed by atoms with E-state index in [1.165, 1.54) is 103 Å². The van der Waals surface area contributed by atoms with Crippen LogP contribution in [0.4, 0.5) is 0 Å². The zero-order valence-electron chi connectivity index (χ0n) is 47.7. The Bertz CT molecular complexity index is 1610.